The van der Waals surface area contributed by atoms with Crippen LogP contribution in [0.2, 0.25) is 0 Å². The highest BCUT2D eigenvalue weighted by Crippen LogP contribution is 2.52. The van der Waals surface area contributed by atoms with Crippen LogP contribution in [0.3, 0.4) is 0 Å². The minimum absolute atomic E-state index is 0.278. The molecule has 0 spiro atoms. The van der Waals surface area contributed by atoms with Crippen LogP contribution in [0, 0.1) is 0 Å². The summed E-state index contributed by atoms with van der Waals surface area (Å²) in [5.41, 5.74) is 29.8. The maximum Gasteiger partial charge on any atom is 0.252 e. The van der Waals surface area contributed by atoms with E-state index >= 15 is 0 Å². The van der Waals surface area contributed by atoms with Gasteiger partial charge in [0.25, 0.3) is 6.71 Å². The second-order valence-corrected chi connectivity index (χ2v) is 25.5. The summed E-state index contributed by atoms with van der Waals surface area (Å²) in [6.07, 6.45) is 0. The summed E-state index contributed by atoms with van der Waals surface area (Å²) >= 11 is 0. The lowest BCUT2D eigenvalue weighted by molar-refractivity contribution is 1.16. The van der Waals surface area contributed by atoms with Crippen LogP contribution in [-0.4, -0.2) is 20.4 Å². The molecule has 0 N–H and O–H groups in total. The Hall–Kier alpha value is -12.6. The van der Waals surface area contributed by atoms with Gasteiger partial charge in [-0.2, -0.15) is 0 Å². The van der Waals surface area contributed by atoms with Crippen LogP contribution in [-0.2, 0) is 0 Å². The van der Waals surface area contributed by atoms with Crippen LogP contribution in [0.1, 0.15) is 0 Å². The van der Waals surface area contributed by atoms with E-state index in [9.17, 15) is 0 Å². The number of hydrogen-bond donors (Lipinski definition) is 0. The molecule has 0 saturated heterocycles. The molecule has 0 amide bonds. The number of rotatable bonds is 9. The van der Waals surface area contributed by atoms with E-state index in [0.29, 0.717) is 0 Å². The zero-order chi connectivity index (χ0) is 63.0. The predicted octanol–water partition coefficient (Wildman–Crippen LogP) is 21.7. The molecule has 15 aromatic carbocycles. The summed E-state index contributed by atoms with van der Waals surface area (Å²) in [6, 6.07) is 131. The standard InChI is InChI=1S/C90H58BN5/c1-7-27-59(28-8-1)63-47-49-72-73-50-48-64(60-29-9-2-10-30-60)52-83(73)94(82(72)51-63)67-53-88-90-89(54-67)96(79-44-24-20-40-69(79)62-33-13-4-14-34-62)87-56-75-71-42-22-26-46-81(71)93(66-37-17-6-18-38-66)85(75)58-77(87)91(90)76-57-84-74(70-41-21-25-45-80(70)92(84)65-35-15-5-16-36-65)55-86(76)95(88)78-43-23-19-39-68(78)61-31-11-3-12-32-61/h1-58H. The number of fused-ring (bicyclic) bond motifs is 13. The minimum atomic E-state index is -0.278. The van der Waals surface area contributed by atoms with Gasteiger partial charge in [0.1, 0.15) is 0 Å². The van der Waals surface area contributed by atoms with Gasteiger partial charge in [0, 0.05) is 77.6 Å². The molecule has 20 rings (SSSR count). The zero-order valence-corrected chi connectivity index (χ0v) is 52.3. The Morgan fingerprint density at radius 1 is 0.188 bits per heavy atom. The zero-order valence-electron chi connectivity index (χ0n) is 52.3. The first-order chi connectivity index (χ1) is 47.7. The van der Waals surface area contributed by atoms with Crippen LogP contribution < -0.4 is 26.2 Å². The average molecular weight is 1220 g/mol. The van der Waals surface area contributed by atoms with Gasteiger partial charge >= 0.3 is 0 Å². The van der Waals surface area contributed by atoms with Gasteiger partial charge in [-0.05, 0) is 147 Å². The molecule has 3 aromatic heterocycles. The molecule has 0 fully saturated rings. The van der Waals surface area contributed by atoms with Crippen molar-refractivity contribution in [1.82, 2.24) is 13.7 Å². The van der Waals surface area contributed by atoms with Crippen molar-refractivity contribution in [1.29, 1.82) is 0 Å². The van der Waals surface area contributed by atoms with Gasteiger partial charge in [0.2, 0.25) is 0 Å². The van der Waals surface area contributed by atoms with Gasteiger partial charge in [-0.25, -0.2) is 0 Å². The summed E-state index contributed by atoms with van der Waals surface area (Å²) in [5, 5.41) is 7.16. The topological polar surface area (TPSA) is 21.3 Å². The third-order valence-corrected chi connectivity index (χ3v) is 20.4. The molecule has 2 aliphatic heterocycles. The van der Waals surface area contributed by atoms with Gasteiger partial charge in [-0.15, -0.1) is 0 Å². The van der Waals surface area contributed by atoms with E-state index in [2.05, 4.69) is 375 Å². The molecule has 0 atom stereocenters. The van der Waals surface area contributed by atoms with E-state index in [1.54, 1.807) is 0 Å². The number of benzene rings is 15. The molecule has 5 nitrogen and oxygen atoms in total. The predicted molar refractivity (Wildman–Crippen MR) is 405 cm³/mol. The lowest BCUT2D eigenvalue weighted by Crippen LogP contribution is -2.61. The summed E-state index contributed by atoms with van der Waals surface area (Å²) < 4.78 is 7.56. The fourth-order valence-electron chi connectivity index (χ4n) is 16.2. The number of hydrogen-bond acceptors (Lipinski definition) is 2. The van der Waals surface area contributed by atoms with E-state index in [0.717, 1.165) is 118 Å². The summed E-state index contributed by atoms with van der Waals surface area (Å²) in [6.45, 7) is -0.278. The maximum absolute atomic E-state index is 2.65. The number of anilines is 6. The molecule has 0 radical (unpaired) electrons. The van der Waals surface area contributed by atoms with E-state index in [1.807, 2.05) is 0 Å². The molecule has 446 valence electrons. The van der Waals surface area contributed by atoms with Gasteiger partial charge in [0.15, 0.2) is 0 Å². The maximum atomic E-state index is 2.65. The van der Waals surface area contributed by atoms with E-state index in [4.69, 9.17) is 0 Å². The number of aromatic nitrogens is 3. The Kier molecular flexibility index (Phi) is 12.1. The van der Waals surface area contributed by atoms with Gasteiger partial charge in [-0.1, -0.05) is 255 Å². The van der Waals surface area contributed by atoms with Gasteiger partial charge < -0.3 is 23.5 Å². The Bertz CT molecular complexity index is 5770. The van der Waals surface area contributed by atoms with Crippen LogP contribution in [0.25, 0.3) is 127 Å². The van der Waals surface area contributed by atoms with Crippen molar-refractivity contribution in [2.45, 2.75) is 0 Å². The van der Waals surface area contributed by atoms with E-state index in [1.165, 1.54) is 59.8 Å². The second kappa shape index (κ2) is 21.5. The fraction of sp³-hybridized carbons (Fsp3) is 0. The number of para-hydroxylation sites is 6. The minimum Gasteiger partial charge on any atom is -0.311 e. The Morgan fingerprint density at radius 2 is 0.521 bits per heavy atom. The normalized spacial score (nSPS) is 12.5. The first-order valence-corrected chi connectivity index (χ1v) is 33.2. The molecular formula is C90H58BN5. The highest BCUT2D eigenvalue weighted by atomic mass is 15.2. The molecule has 0 saturated carbocycles. The third kappa shape index (κ3) is 8.19. The highest BCUT2D eigenvalue weighted by Gasteiger charge is 2.46. The third-order valence-electron chi connectivity index (χ3n) is 20.4. The molecule has 0 aliphatic carbocycles. The second-order valence-electron chi connectivity index (χ2n) is 25.5. The Labute approximate surface area is 556 Å². The Morgan fingerprint density at radius 3 is 0.948 bits per heavy atom. The smallest absolute Gasteiger partial charge is 0.252 e. The van der Waals surface area contributed by atoms with Crippen molar-refractivity contribution >= 4 is 123 Å². The quantitative estimate of drug-likeness (QED) is 0.134. The van der Waals surface area contributed by atoms with E-state index in [-0.39, 0.29) is 6.71 Å². The van der Waals surface area contributed by atoms with Crippen molar-refractivity contribution in [3.63, 3.8) is 0 Å². The average Bonchev–Trinajstić information content (AvgIpc) is 1.07. The largest absolute Gasteiger partial charge is 0.311 e. The van der Waals surface area contributed by atoms with Crippen molar-refractivity contribution in [2.24, 2.45) is 0 Å². The van der Waals surface area contributed by atoms with Gasteiger partial charge in [-0.3, -0.25) is 0 Å². The monoisotopic (exact) mass is 1220 g/mol. The molecule has 6 heteroatoms. The lowest BCUT2D eigenvalue weighted by atomic mass is 9.33. The van der Waals surface area contributed by atoms with Crippen LogP contribution in [0.15, 0.2) is 352 Å². The fourth-order valence-corrected chi connectivity index (χ4v) is 16.2. The summed E-state index contributed by atoms with van der Waals surface area (Å²) in [5.74, 6) is 0. The molecular weight excluding hydrogens is 1160 g/mol. The summed E-state index contributed by atoms with van der Waals surface area (Å²) in [7, 11) is 0. The Balaban J connectivity index is 0.993. The van der Waals surface area contributed by atoms with Crippen LogP contribution >= 0.6 is 0 Å². The molecule has 2 aliphatic rings. The van der Waals surface area contributed by atoms with Crippen LogP contribution in [0.5, 0.6) is 0 Å². The molecule has 18 aromatic rings. The molecule has 0 unspecified atom stereocenters. The first-order valence-electron chi connectivity index (χ1n) is 33.2. The van der Waals surface area contributed by atoms with Crippen molar-refractivity contribution in [2.75, 3.05) is 9.80 Å². The van der Waals surface area contributed by atoms with Crippen molar-refractivity contribution in [3.8, 4) is 61.6 Å². The number of nitrogens with zero attached hydrogens (tertiary/aromatic N) is 5. The van der Waals surface area contributed by atoms with Crippen molar-refractivity contribution in [3.05, 3.63) is 352 Å². The van der Waals surface area contributed by atoms with Gasteiger partial charge in [0.05, 0.1) is 50.2 Å². The highest BCUT2D eigenvalue weighted by molar-refractivity contribution is 7.00. The molecule has 96 heavy (non-hydrogen) atoms. The van der Waals surface area contributed by atoms with Crippen molar-refractivity contribution < 1.29 is 0 Å². The van der Waals surface area contributed by atoms with E-state index < -0.39 is 0 Å². The summed E-state index contributed by atoms with van der Waals surface area (Å²) in [4.78, 5) is 5.30. The first kappa shape index (κ1) is 54.0. The lowest BCUT2D eigenvalue weighted by Gasteiger charge is -2.45. The molecule has 0 bridgehead atoms. The molecule has 5 heterocycles. The SMILES string of the molecule is c1ccc(-c2ccc3c4ccc(-c5ccccc5)cc4n(-c4cc5c6c(c4)N(c4ccccc4-c4ccccc4)c4cc7c8ccccc8n(-c8ccccc8)c7cc4B6c4cc6c(cc4N5c4ccccc4-c4ccccc4)c4ccccc4n6-c4ccccc4)c3c2)cc1. The van der Waals surface area contributed by atoms with Crippen LogP contribution in [0.4, 0.5) is 34.1 Å².